The molecular formula is C16H14BrN3O3. The summed E-state index contributed by atoms with van der Waals surface area (Å²) in [6.07, 6.45) is 3.29. The Balaban J connectivity index is 1.67. The maximum absolute atomic E-state index is 12.2. The zero-order valence-electron chi connectivity index (χ0n) is 12.1. The van der Waals surface area contributed by atoms with Crippen molar-refractivity contribution >= 4 is 33.4 Å². The Labute approximate surface area is 141 Å². The van der Waals surface area contributed by atoms with Gasteiger partial charge in [0.2, 0.25) is 5.91 Å². The van der Waals surface area contributed by atoms with Gasteiger partial charge >= 0.3 is 0 Å². The van der Waals surface area contributed by atoms with Crippen LogP contribution in [0.1, 0.15) is 12.2 Å². The highest BCUT2D eigenvalue weighted by Gasteiger charge is 2.24. The highest BCUT2D eigenvalue weighted by atomic mass is 79.9. The van der Waals surface area contributed by atoms with Crippen molar-refractivity contribution in [3.05, 3.63) is 64.7 Å². The standard InChI is InChI=1S/C16H14BrN3O3/c17-11-3-5-12(6-4-11)20-15(21)8-7-14(19-20)16(22)18-10-13-2-1-9-23-13/h1-7,9,19H,8,10H2,(H,18,22). The van der Waals surface area contributed by atoms with Crippen molar-refractivity contribution in [2.45, 2.75) is 13.0 Å². The fourth-order valence-corrected chi connectivity index (χ4v) is 2.39. The first kappa shape index (κ1) is 15.4. The molecule has 2 N–H and O–H groups in total. The van der Waals surface area contributed by atoms with E-state index in [0.29, 0.717) is 17.1 Å². The number of hydrazine groups is 1. The first-order chi connectivity index (χ1) is 11.1. The van der Waals surface area contributed by atoms with Gasteiger partial charge in [-0.25, -0.2) is 5.01 Å². The zero-order chi connectivity index (χ0) is 16.2. The lowest BCUT2D eigenvalue weighted by molar-refractivity contribution is -0.120. The second-order valence-electron chi connectivity index (χ2n) is 4.90. The third kappa shape index (κ3) is 3.62. The molecule has 1 aromatic heterocycles. The van der Waals surface area contributed by atoms with Gasteiger partial charge in [0.15, 0.2) is 0 Å². The van der Waals surface area contributed by atoms with Gasteiger partial charge in [0.25, 0.3) is 5.91 Å². The third-order valence-corrected chi connectivity index (χ3v) is 3.82. The first-order valence-electron chi connectivity index (χ1n) is 6.99. The minimum atomic E-state index is -0.295. The molecule has 0 spiro atoms. The molecule has 0 fully saturated rings. The van der Waals surface area contributed by atoms with Crippen molar-refractivity contribution in [3.8, 4) is 0 Å². The first-order valence-corrected chi connectivity index (χ1v) is 7.79. The van der Waals surface area contributed by atoms with Gasteiger partial charge in [-0.05, 0) is 42.5 Å². The van der Waals surface area contributed by atoms with Gasteiger partial charge in [-0.15, -0.1) is 0 Å². The van der Waals surface area contributed by atoms with Crippen LogP contribution >= 0.6 is 15.9 Å². The number of carbonyl (C=O) groups excluding carboxylic acids is 2. The number of carbonyl (C=O) groups is 2. The minimum absolute atomic E-state index is 0.130. The molecule has 0 saturated carbocycles. The smallest absolute Gasteiger partial charge is 0.269 e. The molecule has 1 aromatic carbocycles. The number of nitrogens with zero attached hydrogens (tertiary/aromatic N) is 1. The molecule has 1 aliphatic rings. The molecular weight excluding hydrogens is 362 g/mol. The van der Waals surface area contributed by atoms with E-state index in [4.69, 9.17) is 4.42 Å². The zero-order valence-corrected chi connectivity index (χ0v) is 13.7. The highest BCUT2D eigenvalue weighted by molar-refractivity contribution is 9.10. The van der Waals surface area contributed by atoms with E-state index < -0.39 is 0 Å². The summed E-state index contributed by atoms with van der Waals surface area (Å²) < 4.78 is 6.08. The van der Waals surface area contributed by atoms with Crippen LogP contribution in [-0.4, -0.2) is 11.8 Å². The van der Waals surface area contributed by atoms with E-state index in [1.165, 1.54) is 5.01 Å². The summed E-state index contributed by atoms with van der Waals surface area (Å²) in [4.78, 5) is 24.3. The molecule has 0 atom stereocenters. The lowest BCUT2D eigenvalue weighted by Crippen LogP contribution is -2.48. The molecule has 3 rings (SSSR count). The molecule has 2 aromatic rings. The number of benzene rings is 1. The van der Waals surface area contributed by atoms with E-state index in [1.54, 1.807) is 36.6 Å². The van der Waals surface area contributed by atoms with Gasteiger partial charge in [-0.2, -0.15) is 0 Å². The number of furan rings is 1. The summed E-state index contributed by atoms with van der Waals surface area (Å²) in [5.74, 6) is 0.238. The summed E-state index contributed by atoms with van der Waals surface area (Å²) in [7, 11) is 0. The molecule has 0 unspecified atom stereocenters. The molecule has 118 valence electrons. The van der Waals surface area contributed by atoms with Crippen LogP contribution in [0.2, 0.25) is 0 Å². The SMILES string of the molecule is O=C(NCc1ccco1)C1=CCC(=O)N(c2ccc(Br)cc2)N1. The normalized spacial score (nSPS) is 14.2. The summed E-state index contributed by atoms with van der Waals surface area (Å²) in [6, 6.07) is 10.8. The minimum Gasteiger partial charge on any atom is -0.467 e. The van der Waals surface area contributed by atoms with Crippen molar-refractivity contribution < 1.29 is 14.0 Å². The van der Waals surface area contributed by atoms with Crippen molar-refractivity contribution in [2.75, 3.05) is 5.01 Å². The van der Waals surface area contributed by atoms with Crippen molar-refractivity contribution in [1.82, 2.24) is 10.7 Å². The average Bonchev–Trinajstić information content (AvgIpc) is 3.07. The number of halogens is 1. The van der Waals surface area contributed by atoms with Gasteiger partial charge in [-0.3, -0.25) is 15.0 Å². The number of anilines is 1. The van der Waals surface area contributed by atoms with Crippen LogP contribution in [0, 0.1) is 0 Å². The molecule has 2 heterocycles. The highest BCUT2D eigenvalue weighted by Crippen LogP contribution is 2.20. The second-order valence-corrected chi connectivity index (χ2v) is 5.82. The van der Waals surface area contributed by atoms with Crippen LogP contribution in [-0.2, 0) is 16.1 Å². The molecule has 7 heteroatoms. The maximum atomic E-state index is 12.2. The van der Waals surface area contributed by atoms with E-state index in [9.17, 15) is 9.59 Å². The fourth-order valence-electron chi connectivity index (χ4n) is 2.13. The van der Waals surface area contributed by atoms with E-state index in [1.807, 2.05) is 12.1 Å². The number of nitrogens with one attached hydrogen (secondary N) is 2. The van der Waals surface area contributed by atoms with Gasteiger partial charge in [-0.1, -0.05) is 15.9 Å². The molecule has 1 aliphatic heterocycles. The molecule has 2 amide bonds. The molecule has 0 aliphatic carbocycles. The summed E-state index contributed by atoms with van der Waals surface area (Å²) in [5, 5.41) is 4.11. The van der Waals surface area contributed by atoms with E-state index >= 15 is 0 Å². The lowest BCUT2D eigenvalue weighted by Gasteiger charge is -2.28. The largest absolute Gasteiger partial charge is 0.467 e. The molecule has 23 heavy (non-hydrogen) atoms. The number of amides is 2. The van der Waals surface area contributed by atoms with E-state index in [2.05, 4.69) is 26.7 Å². The predicted molar refractivity (Wildman–Crippen MR) is 88.0 cm³/mol. The average molecular weight is 376 g/mol. The molecule has 6 nitrogen and oxygen atoms in total. The summed E-state index contributed by atoms with van der Waals surface area (Å²) >= 11 is 3.35. The molecule has 0 saturated heterocycles. The Hall–Kier alpha value is -2.54. The maximum Gasteiger partial charge on any atom is 0.269 e. The van der Waals surface area contributed by atoms with Crippen molar-refractivity contribution in [1.29, 1.82) is 0 Å². The van der Waals surface area contributed by atoms with Crippen LogP contribution in [0.3, 0.4) is 0 Å². The van der Waals surface area contributed by atoms with Crippen molar-refractivity contribution in [2.24, 2.45) is 0 Å². The third-order valence-electron chi connectivity index (χ3n) is 3.30. The number of hydrogen-bond donors (Lipinski definition) is 2. The monoisotopic (exact) mass is 375 g/mol. The quantitative estimate of drug-likeness (QED) is 0.860. The molecule has 0 bridgehead atoms. The van der Waals surface area contributed by atoms with Crippen LogP contribution in [0.5, 0.6) is 0 Å². The van der Waals surface area contributed by atoms with Gasteiger partial charge < -0.3 is 9.73 Å². The van der Waals surface area contributed by atoms with Crippen LogP contribution < -0.4 is 15.8 Å². The van der Waals surface area contributed by atoms with Gasteiger partial charge in [0.1, 0.15) is 11.5 Å². The Morgan fingerprint density at radius 3 is 2.78 bits per heavy atom. The Bertz CT molecular complexity index is 738. The Kier molecular flexibility index (Phi) is 4.47. The second kappa shape index (κ2) is 6.70. The van der Waals surface area contributed by atoms with Gasteiger partial charge in [0, 0.05) is 10.9 Å². The fraction of sp³-hybridized carbons (Fsp3) is 0.125. The van der Waals surface area contributed by atoms with Crippen molar-refractivity contribution in [3.63, 3.8) is 0 Å². The number of hydrogen-bond acceptors (Lipinski definition) is 4. The lowest BCUT2D eigenvalue weighted by atomic mass is 10.2. The van der Waals surface area contributed by atoms with E-state index in [0.717, 1.165) is 4.47 Å². The topological polar surface area (TPSA) is 74.6 Å². The van der Waals surface area contributed by atoms with Crippen LogP contribution in [0.4, 0.5) is 5.69 Å². The van der Waals surface area contributed by atoms with Crippen LogP contribution in [0.25, 0.3) is 0 Å². The predicted octanol–water partition coefficient (Wildman–Crippen LogP) is 2.48. The Morgan fingerprint density at radius 1 is 1.30 bits per heavy atom. The van der Waals surface area contributed by atoms with E-state index in [-0.39, 0.29) is 24.8 Å². The number of rotatable bonds is 4. The Morgan fingerprint density at radius 2 is 2.09 bits per heavy atom. The van der Waals surface area contributed by atoms with Crippen LogP contribution in [0.15, 0.2) is 63.3 Å². The summed E-state index contributed by atoms with van der Waals surface area (Å²) in [5.41, 5.74) is 3.86. The van der Waals surface area contributed by atoms with Gasteiger partial charge in [0.05, 0.1) is 18.5 Å². The molecule has 0 radical (unpaired) electrons. The summed E-state index contributed by atoms with van der Waals surface area (Å²) in [6.45, 7) is 0.289.